The van der Waals surface area contributed by atoms with E-state index in [4.69, 9.17) is 22.6 Å². The lowest BCUT2D eigenvalue weighted by molar-refractivity contribution is -0.125. The second kappa shape index (κ2) is 10.3. The number of aldehydes is 1. The minimum atomic E-state index is -0.638. The number of nitrogens with one attached hydrogen (secondary N) is 3. The average molecular weight is 272 g/mol. The summed E-state index contributed by atoms with van der Waals surface area (Å²) in [6, 6.07) is -1.20. The zero-order chi connectivity index (χ0) is 14.7. The molecule has 0 bridgehead atoms. The number of hydrogen-bond donors (Lipinski definition) is 6. The van der Waals surface area contributed by atoms with Crippen molar-refractivity contribution in [3.63, 3.8) is 0 Å². The van der Waals surface area contributed by atoms with E-state index >= 15 is 0 Å². The Bertz CT molecular complexity index is 297. The Kier molecular flexibility index (Phi) is 9.37. The number of carbonyl (C=O) groups excluding carboxylic acids is 2. The highest BCUT2D eigenvalue weighted by atomic mass is 16.2. The van der Waals surface area contributed by atoms with Gasteiger partial charge in [0.15, 0.2) is 5.96 Å². The summed E-state index contributed by atoms with van der Waals surface area (Å²) >= 11 is 0. The van der Waals surface area contributed by atoms with Crippen molar-refractivity contribution in [3.05, 3.63) is 0 Å². The van der Waals surface area contributed by atoms with Crippen molar-refractivity contribution in [2.45, 2.75) is 37.8 Å². The molecule has 9 N–H and O–H groups in total. The molecule has 0 aromatic rings. The van der Waals surface area contributed by atoms with Crippen LogP contribution in [0.2, 0.25) is 0 Å². The van der Waals surface area contributed by atoms with Gasteiger partial charge >= 0.3 is 0 Å². The highest BCUT2D eigenvalue weighted by molar-refractivity contribution is 5.84. The van der Waals surface area contributed by atoms with Gasteiger partial charge in [0, 0.05) is 6.54 Å². The molecule has 8 heteroatoms. The number of hydrogen-bond acceptors (Lipinski definition) is 5. The van der Waals surface area contributed by atoms with Gasteiger partial charge in [0.05, 0.1) is 12.1 Å². The lowest BCUT2D eigenvalue weighted by atomic mass is 10.1. The van der Waals surface area contributed by atoms with Crippen LogP contribution in [0.25, 0.3) is 0 Å². The van der Waals surface area contributed by atoms with Gasteiger partial charge in [-0.05, 0) is 32.2 Å². The first-order valence-corrected chi connectivity index (χ1v) is 6.30. The van der Waals surface area contributed by atoms with E-state index in [1.807, 2.05) is 0 Å². The molecule has 19 heavy (non-hydrogen) atoms. The molecular formula is C11H24N6O2. The van der Waals surface area contributed by atoms with Crippen molar-refractivity contribution in [2.24, 2.45) is 17.2 Å². The lowest BCUT2D eigenvalue weighted by Gasteiger charge is -2.16. The van der Waals surface area contributed by atoms with Crippen LogP contribution in [0.5, 0.6) is 0 Å². The summed E-state index contributed by atoms with van der Waals surface area (Å²) in [6.07, 6.45) is 2.93. The third kappa shape index (κ3) is 8.97. The fourth-order valence-corrected chi connectivity index (χ4v) is 1.48. The standard InChI is InChI=1S/C11H24N6O2/c12-5-1-4-9(13)10(19)17-8(7-18)3-2-6-16-11(14)15/h7-9H,1-6,12-13H2,(H,17,19)(H4,14,15,16)/t8-,9-/m1/s1. The summed E-state index contributed by atoms with van der Waals surface area (Å²) in [7, 11) is 0. The second-order valence-corrected chi connectivity index (χ2v) is 4.27. The summed E-state index contributed by atoms with van der Waals surface area (Å²) in [4.78, 5) is 22.5. The first kappa shape index (κ1) is 17.3. The van der Waals surface area contributed by atoms with Gasteiger partial charge in [-0.1, -0.05) is 0 Å². The number of nitrogens with two attached hydrogens (primary N) is 3. The first-order chi connectivity index (χ1) is 9.01. The quantitative estimate of drug-likeness (QED) is 0.117. The number of amides is 1. The molecule has 2 atom stereocenters. The number of rotatable bonds is 10. The van der Waals surface area contributed by atoms with Gasteiger partial charge < -0.3 is 32.6 Å². The van der Waals surface area contributed by atoms with Crippen LogP contribution in [0, 0.1) is 5.41 Å². The molecule has 1 amide bonds. The van der Waals surface area contributed by atoms with Crippen LogP contribution < -0.4 is 27.8 Å². The SMILES string of the molecule is N=C(N)NCCC[C@H](C=O)NC(=O)[C@H](N)CCCN. The van der Waals surface area contributed by atoms with Crippen molar-refractivity contribution in [1.29, 1.82) is 5.41 Å². The number of guanidine groups is 1. The van der Waals surface area contributed by atoms with Crippen LogP contribution in [0.15, 0.2) is 0 Å². The van der Waals surface area contributed by atoms with Crippen molar-refractivity contribution in [1.82, 2.24) is 10.6 Å². The largest absolute Gasteiger partial charge is 0.370 e. The summed E-state index contributed by atoms with van der Waals surface area (Å²) in [5, 5.41) is 12.2. The molecule has 0 aliphatic carbocycles. The van der Waals surface area contributed by atoms with Gasteiger partial charge in [0.1, 0.15) is 6.29 Å². The molecule has 0 saturated carbocycles. The molecule has 0 aliphatic rings. The van der Waals surface area contributed by atoms with Crippen molar-refractivity contribution in [2.75, 3.05) is 13.1 Å². The summed E-state index contributed by atoms with van der Waals surface area (Å²) < 4.78 is 0. The summed E-state index contributed by atoms with van der Waals surface area (Å²) in [5.41, 5.74) is 16.1. The molecular weight excluding hydrogens is 248 g/mol. The molecule has 0 fully saturated rings. The van der Waals surface area contributed by atoms with Crippen LogP contribution in [0.1, 0.15) is 25.7 Å². The van der Waals surface area contributed by atoms with E-state index in [0.29, 0.717) is 45.1 Å². The van der Waals surface area contributed by atoms with Crippen LogP contribution in [-0.2, 0) is 9.59 Å². The van der Waals surface area contributed by atoms with E-state index in [9.17, 15) is 9.59 Å². The monoisotopic (exact) mass is 272 g/mol. The van der Waals surface area contributed by atoms with Gasteiger partial charge in [-0.2, -0.15) is 0 Å². The summed E-state index contributed by atoms with van der Waals surface area (Å²) in [5.74, 6) is -0.458. The first-order valence-electron chi connectivity index (χ1n) is 6.30. The maximum Gasteiger partial charge on any atom is 0.237 e. The predicted octanol–water partition coefficient (Wildman–Crippen LogP) is -2.00. The normalized spacial score (nSPS) is 13.4. The molecule has 8 nitrogen and oxygen atoms in total. The molecule has 0 heterocycles. The van der Waals surface area contributed by atoms with Crippen molar-refractivity contribution < 1.29 is 9.59 Å². The number of carbonyl (C=O) groups is 2. The second-order valence-electron chi connectivity index (χ2n) is 4.27. The fraction of sp³-hybridized carbons (Fsp3) is 0.727. The Morgan fingerprint density at radius 3 is 2.53 bits per heavy atom. The Morgan fingerprint density at radius 1 is 1.32 bits per heavy atom. The van der Waals surface area contributed by atoms with E-state index in [1.165, 1.54) is 0 Å². The van der Waals surface area contributed by atoms with Crippen LogP contribution >= 0.6 is 0 Å². The predicted molar refractivity (Wildman–Crippen MR) is 73.4 cm³/mol. The van der Waals surface area contributed by atoms with Crippen molar-refractivity contribution in [3.8, 4) is 0 Å². The van der Waals surface area contributed by atoms with E-state index < -0.39 is 12.1 Å². The smallest absolute Gasteiger partial charge is 0.237 e. The zero-order valence-corrected chi connectivity index (χ0v) is 11.0. The van der Waals surface area contributed by atoms with Gasteiger partial charge in [0.25, 0.3) is 0 Å². The molecule has 0 aromatic heterocycles. The zero-order valence-electron chi connectivity index (χ0n) is 11.0. The van der Waals surface area contributed by atoms with Gasteiger partial charge in [-0.3, -0.25) is 10.2 Å². The van der Waals surface area contributed by atoms with Gasteiger partial charge in [-0.15, -0.1) is 0 Å². The Hall–Kier alpha value is -1.67. The minimum Gasteiger partial charge on any atom is -0.370 e. The Labute approximate surface area is 113 Å². The third-order valence-corrected chi connectivity index (χ3v) is 2.56. The van der Waals surface area contributed by atoms with Gasteiger partial charge in [0.2, 0.25) is 5.91 Å². The van der Waals surface area contributed by atoms with Crippen LogP contribution in [0.4, 0.5) is 0 Å². The Morgan fingerprint density at radius 2 is 2.00 bits per heavy atom. The molecule has 0 aliphatic heterocycles. The van der Waals surface area contributed by atoms with E-state index in [2.05, 4.69) is 10.6 Å². The highest BCUT2D eigenvalue weighted by Gasteiger charge is 2.16. The van der Waals surface area contributed by atoms with Crippen molar-refractivity contribution >= 4 is 18.2 Å². The lowest BCUT2D eigenvalue weighted by Crippen LogP contribution is -2.46. The maximum absolute atomic E-state index is 11.7. The van der Waals surface area contributed by atoms with E-state index in [1.54, 1.807) is 0 Å². The molecule has 0 spiro atoms. The topological polar surface area (TPSA) is 160 Å². The average Bonchev–Trinajstić information content (AvgIpc) is 2.38. The fourth-order valence-electron chi connectivity index (χ4n) is 1.48. The Balaban J connectivity index is 3.93. The highest BCUT2D eigenvalue weighted by Crippen LogP contribution is 1.97. The third-order valence-electron chi connectivity index (χ3n) is 2.56. The molecule has 0 aromatic carbocycles. The molecule has 0 rings (SSSR count). The summed E-state index contributed by atoms with van der Waals surface area (Å²) in [6.45, 7) is 0.962. The maximum atomic E-state index is 11.7. The van der Waals surface area contributed by atoms with Crippen LogP contribution in [0.3, 0.4) is 0 Å². The van der Waals surface area contributed by atoms with Crippen LogP contribution in [-0.4, -0.2) is 43.3 Å². The molecule has 0 radical (unpaired) electrons. The minimum absolute atomic E-state index is 0.115. The molecule has 0 saturated heterocycles. The van der Waals surface area contributed by atoms with Gasteiger partial charge in [-0.25, -0.2) is 0 Å². The van der Waals surface area contributed by atoms with E-state index in [-0.39, 0.29) is 11.9 Å². The van der Waals surface area contributed by atoms with E-state index in [0.717, 1.165) is 0 Å². The molecule has 110 valence electrons. The molecule has 0 unspecified atom stereocenters.